The Kier molecular flexibility index (Phi) is 22.2. The average molecular weight is 1080 g/mol. The molecular weight excluding hydrogens is 1010 g/mol. The maximum Gasteiger partial charge on any atom is 0.350 e. The van der Waals surface area contributed by atoms with Crippen LogP contribution in [-0.2, 0) is 44.7 Å². The zero-order valence-corrected chi connectivity index (χ0v) is 46.3. The zero-order valence-electron chi connectivity index (χ0n) is 44.1. The van der Waals surface area contributed by atoms with Gasteiger partial charge in [-0.3, -0.25) is 0 Å². The number of fused-ring (bicyclic) bond motifs is 2. The molecule has 19 heteroatoms. The summed E-state index contributed by atoms with van der Waals surface area (Å²) in [5.41, 5.74) is 6.64. The number of hydrogen-bond donors (Lipinski definition) is 0. The third-order valence-electron chi connectivity index (χ3n) is 14.1. The molecule has 0 saturated heterocycles. The Morgan fingerprint density at radius 1 is 0.507 bits per heavy atom. The standard InChI is InChI=1S/C54H71ClN2O14.2ClH/c1-56(19-15-36-29-43(60-3)45(62-5)31-38(36)41(56)23-34-25-47(64-7)52(68-11)48(26-34)65-8)17-13-21-70-51(58)33-40(55)54(59)71-22-14-18-57(2)20-16-37-30-44(61-4)46(63-6)32-39(37)42(57)24-35-27-49(66-9)53(69-12)50(28-35)67-10;;/h25-33,41-42H,13-24H2,1-12H3;2*1H/q+2;;/p-2/b40-33-;;/t41-,42-,56-,57-;;/m1../s1. The van der Waals surface area contributed by atoms with Gasteiger partial charge in [0, 0.05) is 55.7 Å². The van der Waals surface area contributed by atoms with Gasteiger partial charge in [0.15, 0.2) is 46.0 Å². The van der Waals surface area contributed by atoms with Crippen LogP contribution in [0.15, 0.2) is 59.6 Å². The van der Waals surface area contributed by atoms with E-state index in [-0.39, 0.29) is 55.1 Å². The van der Waals surface area contributed by atoms with Crippen LogP contribution < -0.4 is 72.2 Å². The van der Waals surface area contributed by atoms with E-state index in [4.69, 9.17) is 68.4 Å². The van der Waals surface area contributed by atoms with E-state index in [2.05, 4.69) is 38.4 Å². The number of esters is 2. The predicted octanol–water partition coefficient (Wildman–Crippen LogP) is 2.04. The molecule has 0 fully saturated rings. The Labute approximate surface area is 447 Å². The van der Waals surface area contributed by atoms with Gasteiger partial charge >= 0.3 is 11.9 Å². The van der Waals surface area contributed by atoms with Crippen molar-refractivity contribution in [1.82, 2.24) is 0 Å². The first-order valence-corrected chi connectivity index (χ1v) is 24.0. The Bertz CT molecular complexity index is 2510. The second-order valence-corrected chi connectivity index (χ2v) is 18.6. The van der Waals surface area contributed by atoms with Gasteiger partial charge in [0.25, 0.3) is 0 Å². The van der Waals surface area contributed by atoms with Crippen LogP contribution >= 0.6 is 11.6 Å². The van der Waals surface area contributed by atoms with Gasteiger partial charge in [0.05, 0.1) is 125 Å². The minimum atomic E-state index is -0.798. The van der Waals surface area contributed by atoms with Gasteiger partial charge in [-0.15, -0.1) is 0 Å². The summed E-state index contributed by atoms with van der Waals surface area (Å²) in [7, 11) is 20.5. The molecule has 6 rings (SSSR count). The maximum atomic E-state index is 13.1. The highest BCUT2D eigenvalue weighted by Crippen LogP contribution is 2.47. The van der Waals surface area contributed by atoms with E-state index in [1.54, 1.807) is 71.1 Å². The second-order valence-electron chi connectivity index (χ2n) is 18.2. The van der Waals surface area contributed by atoms with Crippen LogP contribution in [-0.4, -0.2) is 145 Å². The third-order valence-corrected chi connectivity index (χ3v) is 14.4. The van der Waals surface area contributed by atoms with E-state index < -0.39 is 11.9 Å². The van der Waals surface area contributed by atoms with Crippen molar-refractivity contribution in [3.05, 3.63) is 93.0 Å². The Balaban J connectivity index is 0.00000578. The summed E-state index contributed by atoms with van der Waals surface area (Å²) in [5, 5.41) is -0.356. The largest absolute Gasteiger partial charge is 1.00 e. The van der Waals surface area contributed by atoms with Crippen molar-refractivity contribution in [1.29, 1.82) is 0 Å². The van der Waals surface area contributed by atoms with Crippen LogP contribution in [0.25, 0.3) is 0 Å². The lowest BCUT2D eigenvalue weighted by Crippen LogP contribution is -3.00. The molecule has 0 bridgehead atoms. The summed E-state index contributed by atoms with van der Waals surface area (Å²) in [6, 6.07) is 16.1. The summed E-state index contributed by atoms with van der Waals surface area (Å²) in [6.45, 7) is 3.22. The van der Waals surface area contributed by atoms with E-state index >= 15 is 0 Å². The molecule has 0 aliphatic carbocycles. The van der Waals surface area contributed by atoms with E-state index in [1.807, 2.05) is 24.3 Å². The predicted molar refractivity (Wildman–Crippen MR) is 269 cm³/mol. The molecular formula is C54H71Cl3N2O14. The molecule has 2 heterocycles. The molecule has 73 heavy (non-hydrogen) atoms. The van der Waals surface area contributed by atoms with Crippen LogP contribution in [0.4, 0.5) is 0 Å². The number of carbonyl (C=O) groups is 2. The molecule has 4 aromatic carbocycles. The van der Waals surface area contributed by atoms with E-state index in [0.717, 1.165) is 54.3 Å². The summed E-state index contributed by atoms with van der Waals surface area (Å²) in [5.74, 6) is 4.46. The molecule has 4 aromatic rings. The number of halogens is 3. The van der Waals surface area contributed by atoms with Crippen molar-refractivity contribution < 1.29 is 100 Å². The maximum absolute atomic E-state index is 13.1. The molecule has 2 aliphatic rings. The minimum absolute atomic E-state index is 0. The normalized spacial score (nSPS) is 18.8. The highest BCUT2D eigenvalue weighted by molar-refractivity contribution is 6.42. The lowest BCUT2D eigenvalue weighted by molar-refractivity contribution is -0.941. The molecule has 4 atom stereocenters. The number of quaternary nitrogens is 2. The van der Waals surface area contributed by atoms with Crippen LogP contribution in [0.3, 0.4) is 0 Å². The minimum Gasteiger partial charge on any atom is -1.00 e. The SMILES string of the molecule is COc1cc2c(cc1OC)[C@@H](Cc1cc(OC)c(OC)c(OC)c1)[N@+](C)(CCCOC(=O)/C=C(\Cl)C(=O)OCCC[N@+]1(C)CCc3cc(OC)c(OC)cc3[C@H]1Cc1cc(OC)c(OC)c(OC)c1)CC2.[Cl-].[Cl-]. The highest BCUT2D eigenvalue weighted by atomic mass is 35.5. The summed E-state index contributed by atoms with van der Waals surface area (Å²) >= 11 is 6.37. The van der Waals surface area contributed by atoms with Crippen LogP contribution in [0.2, 0.25) is 0 Å². The van der Waals surface area contributed by atoms with Crippen molar-refractivity contribution in [2.75, 3.05) is 125 Å². The molecule has 402 valence electrons. The van der Waals surface area contributed by atoms with Gasteiger partial charge in [0.1, 0.15) is 17.1 Å². The van der Waals surface area contributed by atoms with Crippen LogP contribution in [0, 0.1) is 0 Å². The van der Waals surface area contributed by atoms with Crippen LogP contribution in [0.1, 0.15) is 58.3 Å². The molecule has 0 N–H and O–H groups in total. The average Bonchev–Trinajstić information content (AvgIpc) is 3.38. The molecule has 2 aliphatic heterocycles. The Morgan fingerprint density at radius 3 is 1.19 bits per heavy atom. The van der Waals surface area contributed by atoms with Crippen molar-refractivity contribution in [2.24, 2.45) is 0 Å². The van der Waals surface area contributed by atoms with Crippen molar-refractivity contribution in [3.8, 4) is 57.5 Å². The number of carbonyl (C=O) groups excluding carboxylic acids is 2. The third kappa shape index (κ3) is 13.6. The lowest BCUT2D eigenvalue weighted by Gasteiger charge is -2.46. The van der Waals surface area contributed by atoms with Crippen molar-refractivity contribution >= 4 is 23.5 Å². The fraction of sp³-hybridized carbons (Fsp3) is 0.481. The quantitative estimate of drug-likeness (QED) is 0.0437. The van der Waals surface area contributed by atoms with Gasteiger partial charge in [-0.1, -0.05) is 11.6 Å². The highest BCUT2D eigenvalue weighted by Gasteiger charge is 2.42. The molecule has 0 spiro atoms. The zero-order chi connectivity index (χ0) is 51.5. The van der Waals surface area contributed by atoms with Crippen LogP contribution in [0.5, 0.6) is 57.5 Å². The van der Waals surface area contributed by atoms with Gasteiger partial charge in [-0.05, 0) is 70.8 Å². The summed E-state index contributed by atoms with van der Waals surface area (Å²) < 4.78 is 69.3. The Hall–Kier alpha value is -5.65. The lowest BCUT2D eigenvalue weighted by atomic mass is 9.86. The first kappa shape index (κ1) is 59.9. The first-order chi connectivity index (χ1) is 34.2. The Morgan fingerprint density at radius 2 is 0.849 bits per heavy atom. The van der Waals surface area contributed by atoms with Crippen molar-refractivity contribution in [3.63, 3.8) is 0 Å². The molecule has 16 nitrogen and oxygen atoms in total. The van der Waals surface area contributed by atoms with Gasteiger partial charge < -0.3 is 90.6 Å². The first-order valence-electron chi connectivity index (χ1n) is 23.6. The summed E-state index contributed by atoms with van der Waals surface area (Å²) in [6.07, 6.45) is 4.96. The number of hydrogen-bond acceptors (Lipinski definition) is 14. The van der Waals surface area contributed by atoms with E-state index in [9.17, 15) is 9.59 Å². The number of nitrogens with zero attached hydrogens (tertiary/aromatic N) is 2. The number of ether oxygens (including phenoxy) is 12. The van der Waals surface area contributed by atoms with Gasteiger partial charge in [-0.2, -0.15) is 0 Å². The number of benzene rings is 4. The van der Waals surface area contributed by atoms with E-state index in [1.165, 1.54) is 11.1 Å². The monoisotopic (exact) mass is 1080 g/mol. The van der Waals surface area contributed by atoms with Gasteiger partial charge in [0.2, 0.25) is 11.5 Å². The molecule has 0 aromatic heterocycles. The van der Waals surface area contributed by atoms with Crippen molar-refractivity contribution in [2.45, 2.75) is 50.6 Å². The summed E-state index contributed by atoms with van der Waals surface area (Å²) in [4.78, 5) is 26.1. The fourth-order valence-electron chi connectivity index (χ4n) is 10.3. The molecule has 0 amide bonds. The number of methoxy groups -OCH3 is 10. The molecule has 0 radical (unpaired) electrons. The van der Waals surface area contributed by atoms with E-state index in [0.29, 0.717) is 105 Å². The van der Waals surface area contributed by atoms with Gasteiger partial charge in [-0.25, -0.2) is 9.59 Å². The fourth-order valence-corrected chi connectivity index (χ4v) is 10.4. The smallest absolute Gasteiger partial charge is 0.350 e. The molecule has 0 unspecified atom stereocenters. The molecule has 0 saturated carbocycles. The number of rotatable bonds is 24. The number of likely N-dealkylation sites (N-methyl/N-ethyl adjacent to an activating group) is 2. The second kappa shape index (κ2) is 27.0. The topological polar surface area (TPSA) is 145 Å².